The molecule has 0 bridgehead atoms. The molecule has 20 heavy (non-hydrogen) atoms. The molecule has 1 spiro atoms. The Labute approximate surface area is 120 Å². The van der Waals surface area contributed by atoms with Crippen LogP contribution >= 0.6 is 0 Å². The van der Waals surface area contributed by atoms with Crippen LogP contribution in [-0.4, -0.2) is 23.0 Å². The van der Waals surface area contributed by atoms with E-state index in [2.05, 4.69) is 4.98 Å². The van der Waals surface area contributed by atoms with Gasteiger partial charge in [-0.1, -0.05) is 25.3 Å². The Morgan fingerprint density at radius 1 is 1.30 bits per heavy atom. The third-order valence-electron chi connectivity index (χ3n) is 4.79. The molecule has 0 radical (unpaired) electrons. The highest BCUT2D eigenvalue weighted by atomic mass is 16.5. The fraction of sp³-hybridized carbons (Fsp3) is 0.647. The van der Waals surface area contributed by atoms with Crippen LogP contribution in [0.25, 0.3) is 0 Å². The van der Waals surface area contributed by atoms with Crippen molar-refractivity contribution in [1.29, 1.82) is 0 Å². The van der Waals surface area contributed by atoms with Gasteiger partial charge < -0.3 is 4.74 Å². The van der Waals surface area contributed by atoms with Gasteiger partial charge in [0.1, 0.15) is 5.78 Å². The van der Waals surface area contributed by atoms with Crippen LogP contribution in [0.3, 0.4) is 0 Å². The van der Waals surface area contributed by atoms with E-state index in [1.807, 2.05) is 18.2 Å². The van der Waals surface area contributed by atoms with Gasteiger partial charge in [-0.05, 0) is 37.8 Å². The monoisotopic (exact) mass is 273 g/mol. The molecule has 2 aliphatic rings. The van der Waals surface area contributed by atoms with Crippen LogP contribution in [0.5, 0.6) is 0 Å². The lowest BCUT2D eigenvalue weighted by atomic mass is 9.74. The summed E-state index contributed by atoms with van der Waals surface area (Å²) in [6.45, 7) is 0.749. The van der Waals surface area contributed by atoms with Crippen molar-refractivity contribution in [2.45, 2.75) is 57.0 Å². The zero-order valence-electron chi connectivity index (χ0n) is 12.0. The smallest absolute Gasteiger partial charge is 0.142 e. The van der Waals surface area contributed by atoms with E-state index in [4.69, 9.17) is 4.74 Å². The molecule has 1 aromatic heterocycles. The van der Waals surface area contributed by atoms with Crippen molar-refractivity contribution >= 4 is 5.78 Å². The second kappa shape index (κ2) is 6.04. The second-order valence-corrected chi connectivity index (χ2v) is 6.25. The first-order chi connectivity index (χ1) is 9.77. The number of ether oxygens (including phenoxy) is 1. The molecule has 0 aromatic carbocycles. The topological polar surface area (TPSA) is 39.2 Å². The maximum Gasteiger partial charge on any atom is 0.142 e. The summed E-state index contributed by atoms with van der Waals surface area (Å²) in [5.74, 6) is 0.515. The Hall–Kier alpha value is -1.22. The van der Waals surface area contributed by atoms with E-state index in [0.717, 1.165) is 38.0 Å². The summed E-state index contributed by atoms with van der Waals surface area (Å²) in [6.07, 6.45) is 10.1. The number of hydrogen-bond acceptors (Lipinski definition) is 3. The molecule has 3 nitrogen and oxygen atoms in total. The second-order valence-electron chi connectivity index (χ2n) is 6.25. The third-order valence-corrected chi connectivity index (χ3v) is 4.79. The minimum atomic E-state index is 0.0148. The predicted molar refractivity (Wildman–Crippen MR) is 77.4 cm³/mol. The zero-order valence-corrected chi connectivity index (χ0v) is 12.0. The highest BCUT2D eigenvalue weighted by Crippen LogP contribution is 2.41. The van der Waals surface area contributed by atoms with Gasteiger partial charge in [-0.25, -0.2) is 0 Å². The SMILES string of the molecule is O=C(Cc1ccccn1)C1CCOC2(CCCCC2)C1. The number of carbonyl (C=O) groups is 1. The fourth-order valence-electron chi connectivity index (χ4n) is 3.67. The Kier molecular flexibility index (Phi) is 4.16. The zero-order chi connectivity index (χ0) is 13.8. The highest BCUT2D eigenvalue weighted by Gasteiger charge is 2.40. The standard InChI is InChI=1S/C17H23NO2/c19-16(12-15-6-2-5-10-18-15)14-7-11-20-17(13-14)8-3-1-4-9-17/h2,5-6,10,14H,1,3-4,7-9,11-13H2. The average Bonchev–Trinajstić information content (AvgIpc) is 2.49. The number of rotatable bonds is 3. The summed E-state index contributed by atoms with van der Waals surface area (Å²) >= 11 is 0. The maximum absolute atomic E-state index is 12.5. The van der Waals surface area contributed by atoms with Gasteiger partial charge in [-0.3, -0.25) is 9.78 Å². The normalized spacial score (nSPS) is 25.5. The van der Waals surface area contributed by atoms with E-state index < -0.39 is 0 Å². The summed E-state index contributed by atoms with van der Waals surface area (Å²) < 4.78 is 6.07. The van der Waals surface area contributed by atoms with Crippen LogP contribution in [0, 0.1) is 5.92 Å². The molecule has 1 saturated carbocycles. The van der Waals surface area contributed by atoms with Crippen molar-refractivity contribution in [2.75, 3.05) is 6.61 Å². The van der Waals surface area contributed by atoms with Crippen molar-refractivity contribution in [1.82, 2.24) is 4.98 Å². The van der Waals surface area contributed by atoms with Crippen molar-refractivity contribution < 1.29 is 9.53 Å². The van der Waals surface area contributed by atoms with Crippen LogP contribution in [0.1, 0.15) is 50.6 Å². The molecule has 1 unspecified atom stereocenters. The Morgan fingerprint density at radius 2 is 2.15 bits per heavy atom. The molecule has 2 fully saturated rings. The minimum absolute atomic E-state index is 0.0148. The molecule has 108 valence electrons. The lowest BCUT2D eigenvalue weighted by Gasteiger charge is -2.43. The largest absolute Gasteiger partial charge is 0.375 e. The molecule has 1 saturated heterocycles. The summed E-state index contributed by atoms with van der Waals surface area (Å²) in [5, 5.41) is 0. The number of pyridine rings is 1. The van der Waals surface area contributed by atoms with Gasteiger partial charge in [0.05, 0.1) is 5.60 Å². The third kappa shape index (κ3) is 3.09. The Balaban J connectivity index is 1.63. The lowest BCUT2D eigenvalue weighted by molar-refractivity contribution is -0.142. The number of Topliss-reactive ketones (excluding diaryl/α,β-unsaturated/α-hetero) is 1. The van der Waals surface area contributed by atoms with E-state index in [0.29, 0.717) is 12.2 Å². The average molecular weight is 273 g/mol. The van der Waals surface area contributed by atoms with Crippen molar-refractivity contribution in [3.63, 3.8) is 0 Å². The molecule has 1 aromatic rings. The number of carbonyl (C=O) groups excluding carboxylic acids is 1. The van der Waals surface area contributed by atoms with Crippen LogP contribution in [0.4, 0.5) is 0 Å². The molecule has 0 N–H and O–H groups in total. The molecular formula is C17H23NO2. The van der Waals surface area contributed by atoms with Crippen molar-refractivity contribution in [3.05, 3.63) is 30.1 Å². The Morgan fingerprint density at radius 3 is 2.90 bits per heavy atom. The van der Waals surface area contributed by atoms with Gasteiger partial charge in [0.25, 0.3) is 0 Å². The molecule has 1 aliphatic heterocycles. The van der Waals surface area contributed by atoms with E-state index in [9.17, 15) is 4.79 Å². The van der Waals surface area contributed by atoms with Crippen LogP contribution in [0.2, 0.25) is 0 Å². The van der Waals surface area contributed by atoms with Crippen LogP contribution < -0.4 is 0 Å². The minimum Gasteiger partial charge on any atom is -0.375 e. The Bertz CT molecular complexity index is 446. The molecule has 1 aliphatic carbocycles. The number of ketones is 1. The first kappa shape index (κ1) is 13.7. The lowest BCUT2D eigenvalue weighted by Crippen LogP contribution is -2.43. The molecule has 1 atom stereocenters. The summed E-state index contributed by atoms with van der Waals surface area (Å²) in [7, 11) is 0. The molecule has 3 rings (SSSR count). The maximum atomic E-state index is 12.5. The molecule has 0 amide bonds. The first-order valence-corrected chi connectivity index (χ1v) is 7.84. The van der Waals surface area contributed by atoms with E-state index in [1.165, 1.54) is 19.3 Å². The summed E-state index contributed by atoms with van der Waals surface area (Å²) in [5.41, 5.74) is 0.905. The molecule has 3 heteroatoms. The number of aromatic nitrogens is 1. The summed E-state index contributed by atoms with van der Waals surface area (Å²) in [4.78, 5) is 16.8. The van der Waals surface area contributed by atoms with Gasteiger partial charge in [-0.15, -0.1) is 0 Å². The van der Waals surface area contributed by atoms with E-state index >= 15 is 0 Å². The van der Waals surface area contributed by atoms with Gasteiger partial charge >= 0.3 is 0 Å². The van der Waals surface area contributed by atoms with Gasteiger partial charge in [0.2, 0.25) is 0 Å². The van der Waals surface area contributed by atoms with Crippen LogP contribution in [0.15, 0.2) is 24.4 Å². The van der Waals surface area contributed by atoms with Crippen molar-refractivity contribution in [3.8, 4) is 0 Å². The summed E-state index contributed by atoms with van der Waals surface area (Å²) in [6, 6.07) is 5.77. The molecular weight excluding hydrogens is 250 g/mol. The highest BCUT2D eigenvalue weighted by molar-refractivity contribution is 5.83. The molecule has 2 heterocycles. The quantitative estimate of drug-likeness (QED) is 0.848. The van der Waals surface area contributed by atoms with Gasteiger partial charge in [0, 0.05) is 30.8 Å². The van der Waals surface area contributed by atoms with Gasteiger partial charge in [0.15, 0.2) is 0 Å². The van der Waals surface area contributed by atoms with Crippen molar-refractivity contribution in [2.24, 2.45) is 5.92 Å². The van der Waals surface area contributed by atoms with Gasteiger partial charge in [-0.2, -0.15) is 0 Å². The van der Waals surface area contributed by atoms with E-state index in [1.54, 1.807) is 6.20 Å². The number of hydrogen-bond donors (Lipinski definition) is 0. The van der Waals surface area contributed by atoms with E-state index in [-0.39, 0.29) is 11.5 Å². The first-order valence-electron chi connectivity index (χ1n) is 7.84. The predicted octanol–water partition coefficient (Wildman–Crippen LogP) is 3.32. The fourth-order valence-corrected chi connectivity index (χ4v) is 3.67. The number of nitrogens with zero attached hydrogens (tertiary/aromatic N) is 1. The van der Waals surface area contributed by atoms with Crippen LogP contribution in [-0.2, 0) is 16.0 Å².